The topological polar surface area (TPSA) is 71.0 Å². The van der Waals surface area contributed by atoms with Crippen molar-refractivity contribution in [2.75, 3.05) is 25.0 Å². The number of aromatic nitrogens is 2. The highest BCUT2D eigenvalue weighted by atomic mass is 16.1. The second-order valence-electron chi connectivity index (χ2n) is 6.69. The quantitative estimate of drug-likeness (QED) is 0.722. The molecule has 2 heterocycles. The minimum Gasteiger partial charge on any atom is -0.370 e. The fourth-order valence-electron chi connectivity index (χ4n) is 3.11. The highest BCUT2D eigenvalue weighted by Crippen LogP contribution is 2.18. The van der Waals surface area contributed by atoms with Crippen LogP contribution in [0.3, 0.4) is 0 Å². The summed E-state index contributed by atoms with van der Waals surface area (Å²) in [5.41, 5.74) is 2.90. The number of carbonyl (C=O) groups is 1. The van der Waals surface area contributed by atoms with Crippen LogP contribution in [-0.4, -0.2) is 35.3 Å². The summed E-state index contributed by atoms with van der Waals surface area (Å²) in [5, 5.41) is 14.4. The zero-order valence-electron chi connectivity index (χ0n) is 15.0. The SMILES string of the molecule is CCCNC(=O)c1cccc(CNCC2CNc3cc(C)nn3C2)c1. The average Bonchev–Trinajstić information content (AvgIpc) is 2.99. The summed E-state index contributed by atoms with van der Waals surface area (Å²) in [4.78, 5) is 12.0. The molecule has 3 rings (SSSR count). The van der Waals surface area contributed by atoms with Crippen molar-refractivity contribution in [2.24, 2.45) is 5.92 Å². The van der Waals surface area contributed by atoms with Crippen molar-refractivity contribution in [3.8, 4) is 0 Å². The lowest BCUT2D eigenvalue weighted by Gasteiger charge is -2.25. The summed E-state index contributed by atoms with van der Waals surface area (Å²) < 4.78 is 2.05. The number of fused-ring (bicyclic) bond motifs is 1. The first-order valence-electron chi connectivity index (χ1n) is 9.02. The first-order chi connectivity index (χ1) is 12.2. The van der Waals surface area contributed by atoms with Crippen molar-refractivity contribution in [2.45, 2.75) is 33.4 Å². The van der Waals surface area contributed by atoms with Crippen molar-refractivity contribution in [1.82, 2.24) is 20.4 Å². The maximum atomic E-state index is 12.0. The van der Waals surface area contributed by atoms with Crippen LogP contribution in [0.15, 0.2) is 30.3 Å². The fraction of sp³-hybridized carbons (Fsp3) is 0.474. The molecule has 0 spiro atoms. The van der Waals surface area contributed by atoms with Crippen LogP contribution >= 0.6 is 0 Å². The van der Waals surface area contributed by atoms with E-state index in [2.05, 4.69) is 33.2 Å². The van der Waals surface area contributed by atoms with Gasteiger partial charge in [-0.3, -0.25) is 4.79 Å². The van der Waals surface area contributed by atoms with E-state index in [9.17, 15) is 4.79 Å². The summed E-state index contributed by atoms with van der Waals surface area (Å²) in [6.07, 6.45) is 0.944. The molecule has 1 unspecified atom stereocenters. The molecule has 1 aromatic heterocycles. The van der Waals surface area contributed by atoms with Gasteiger partial charge in [-0.25, -0.2) is 4.68 Å². The minimum atomic E-state index is 0.00163. The van der Waals surface area contributed by atoms with Crippen molar-refractivity contribution in [3.05, 3.63) is 47.2 Å². The number of aryl methyl sites for hydroxylation is 1. The predicted octanol–water partition coefficient (Wildman–Crippen LogP) is 2.16. The molecule has 134 valence electrons. The lowest BCUT2D eigenvalue weighted by molar-refractivity contribution is 0.0953. The second kappa shape index (κ2) is 8.16. The normalized spacial score (nSPS) is 16.2. The van der Waals surface area contributed by atoms with Gasteiger partial charge in [0.05, 0.1) is 5.69 Å². The zero-order chi connectivity index (χ0) is 17.6. The molecular weight excluding hydrogens is 314 g/mol. The predicted molar refractivity (Wildman–Crippen MR) is 99.7 cm³/mol. The first kappa shape index (κ1) is 17.5. The van der Waals surface area contributed by atoms with E-state index in [-0.39, 0.29) is 5.91 Å². The molecular formula is C19H27N5O. The maximum absolute atomic E-state index is 12.0. The first-order valence-corrected chi connectivity index (χ1v) is 9.02. The maximum Gasteiger partial charge on any atom is 0.251 e. The molecule has 1 atom stereocenters. The Labute approximate surface area is 149 Å². The van der Waals surface area contributed by atoms with Gasteiger partial charge in [-0.2, -0.15) is 5.10 Å². The largest absolute Gasteiger partial charge is 0.370 e. The number of hydrogen-bond donors (Lipinski definition) is 3. The number of benzene rings is 1. The molecule has 0 saturated carbocycles. The molecule has 0 radical (unpaired) electrons. The summed E-state index contributed by atoms with van der Waals surface area (Å²) >= 11 is 0. The molecule has 0 bridgehead atoms. The third-order valence-electron chi connectivity index (χ3n) is 4.39. The standard InChI is InChI=1S/C19H27N5O/c1-3-7-21-19(25)17-6-4-5-15(9-17)10-20-11-16-12-22-18-8-14(2)23-24(18)13-16/h4-6,8-9,16,20,22H,3,7,10-13H2,1-2H3,(H,21,25). The molecule has 6 nitrogen and oxygen atoms in total. The van der Waals surface area contributed by atoms with E-state index in [0.717, 1.165) is 55.2 Å². The second-order valence-corrected chi connectivity index (χ2v) is 6.69. The summed E-state index contributed by atoms with van der Waals surface area (Å²) in [7, 11) is 0. The van der Waals surface area contributed by atoms with Crippen LogP contribution in [-0.2, 0) is 13.1 Å². The molecule has 2 aromatic rings. The molecule has 1 aliphatic heterocycles. The summed E-state index contributed by atoms with van der Waals surface area (Å²) in [6.45, 7) is 8.34. The van der Waals surface area contributed by atoms with Crippen molar-refractivity contribution < 1.29 is 4.79 Å². The van der Waals surface area contributed by atoms with Crippen LogP contribution in [0, 0.1) is 12.8 Å². The summed E-state index contributed by atoms with van der Waals surface area (Å²) in [6, 6.07) is 9.91. The summed E-state index contributed by atoms with van der Waals surface area (Å²) in [5.74, 6) is 1.61. The van der Waals surface area contributed by atoms with Gasteiger partial charge in [-0.15, -0.1) is 0 Å². The Hall–Kier alpha value is -2.34. The van der Waals surface area contributed by atoms with Crippen molar-refractivity contribution >= 4 is 11.7 Å². The van der Waals surface area contributed by atoms with Crippen LogP contribution in [0.25, 0.3) is 0 Å². The smallest absolute Gasteiger partial charge is 0.251 e. The Bertz CT molecular complexity index is 724. The lowest BCUT2D eigenvalue weighted by Crippen LogP contribution is -2.35. The Morgan fingerprint density at radius 3 is 3.12 bits per heavy atom. The van der Waals surface area contributed by atoms with E-state index in [1.54, 1.807) is 0 Å². The van der Waals surface area contributed by atoms with E-state index in [0.29, 0.717) is 12.5 Å². The van der Waals surface area contributed by atoms with Crippen LogP contribution in [0.2, 0.25) is 0 Å². The van der Waals surface area contributed by atoms with Gasteiger partial charge >= 0.3 is 0 Å². The van der Waals surface area contributed by atoms with Gasteiger partial charge in [0.15, 0.2) is 0 Å². The molecule has 6 heteroatoms. The monoisotopic (exact) mass is 341 g/mol. The van der Waals surface area contributed by atoms with E-state index in [4.69, 9.17) is 0 Å². The molecule has 0 fully saturated rings. The van der Waals surface area contributed by atoms with Crippen molar-refractivity contribution in [3.63, 3.8) is 0 Å². The van der Waals surface area contributed by atoms with Gasteiger partial charge in [-0.1, -0.05) is 19.1 Å². The van der Waals surface area contributed by atoms with E-state index in [1.165, 1.54) is 0 Å². The van der Waals surface area contributed by atoms with Crippen LogP contribution in [0.5, 0.6) is 0 Å². The van der Waals surface area contributed by atoms with Crippen molar-refractivity contribution in [1.29, 1.82) is 0 Å². The van der Waals surface area contributed by atoms with Gasteiger partial charge < -0.3 is 16.0 Å². The molecule has 3 N–H and O–H groups in total. The Balaban J connectivity index is 1.48. The molecule has 1 amide bonds. The minimum absolute atomic E-state index is 0.00163. The number of anilines is 1. The zero-order valence-corrected chi connectivity index (χ0v) is 15.0. The van der Waals surface area contributed by atoms with Gasteiger partial charge in [0.1, 0.15) is 5.82 Å². The molecule has 1 aromatic carbocycles. The number of carbonyl (C=O) groups excluding carboxylic acids is 1. The van der Waals surface area contributed by atoms with E-state index >= 15 is 0 Å². The molecule has 1 aliphatic rings. The van der Waals surface area contributed by atoms with Gasteiger partial charge in [-0.05, 0) is 31.0 Å². The van der Waals surface area contributed by atoms with Crippen LogP contribution in [0.1, 0.15) is 35.0 Å². The third kappa shape index (κ3) is 4.60. The molecule has 0 saturated heterocycles. The van der Waals surface area contributed by atoms with Gasteiger partial charge in [0.2, 0.25) is 0 Å². The highest BCUT2D eigenvalue weighted by molar-refractivity contribution is 5.94. The molecule has 25 heavy (non-hydrogen) atoms. The lowest BCUT2D eigenvalue weighted by atomic mass is 10.1. The van der Waals surface area contributed by atoms with Gasteiger partial charge in [0, 0.05) is 50.3 Å². The Morgan fingerprint density at radius 1 is 1.40 bits per heavy atom. The number of nitrogens with one attached hydrogen (secondary N) is 3. The van der Waals surface area contributed by atoms with Gasteiger partial charge in [0.25, 0.3) is 5.91 Å². The number of nitrogens with zero attached hydrogens (tertiary/aromatic N) is 2. The third-order valence-corrected chi connectivity index (χ3v) is 4.39. The van der Waals surface area contributed by atoms with Crippen LogP contribution in [0.4, 0.5) is 5.82 Å². The number of rotatable bonds is 7. The number of amides is 1. The average molecular weight is 341 g/mol. The fourth-order valence-corrected chi connectivity index (χ4v) is 3.11. The molecule has 0 aliphatic carbocycles. The van der Waals surface area contributed by atoms with E-state index < -0.39 is 0 Å². The van der Waals surface area contributed by atoms with E-state index in [1.807, 2.05) is 36.7 Å². The highest BCUT2D eigenvalue weighted by Gasteiger charge is 2.18. The Kier molecular flexibility index (Phi) is 5.71. The Morgan fingerprint density at radius 2 is 2.28 bits per heavy atom. The van der Waals surface area contributed by atoms with Crippen LogP contribution < -0.4 is 16.0 Å². The number of hydrogen-bond acceptors (Lipinski definition) is 4.